The van der Waals surface area contributed by atoms with Crippen LogP contribution in [-0.2, 0) is 4.43 Å². The van der Waals surface area contributed by atoms with Crippen LogP contribution in [0.2, 0.25) is 18.1 Å². The minimum Gasteiger partial charge on any atom is -0.409 e. The molecule has 0 spiro atoms. The molecule has 3 rings (SSSR count). The van der Waals surface area contributed by atoms with Crippen molar-refractivity contribution in [1.82, 2.24) is 0 Å². The molecule has 0 amide bonds. The molecule has 0 aromatic heterocycles. The molecule has 1 aliphatic carbocycles. The molecule has 2 aromatic carbocycles. The van der Waals surface area contributed by atoms with E-state index < -0.39 is 8.32 Å². The zero-order valence-electron chi connectivity index (χ0n) is 17.5. The number of hydrogen-bond donors (Lipinski definition) is 0. The third kappa shape index (κ3) is 3.76. The lowest BCUT2D eigenvalue weighted by molar-refractivity contribution is 0.166. The molecule has 0 aliphatic heterocycles. The van der Waals surface area contributed by atoms with Crippen molar-refractivity contribution in [3.8, 4) is 6.07 Å². The van der Waals surface area contributed by atoms with Gasteiger partial charge in [-0.15, -0.1) is 0 Å². The third-order valence-corrected chi connectivity index (χ3v) is 10.5. The molecular weight excluding hydrogens is 358 g/mol. The first-order chi connectivity index (χ1) is 13.2. The third-order valence-electron chi connectivity index (χ3n) is 6.08. The topological polar surface area (TPSA) is 33.0 Å². The summed E-state index contributed by atoms with van der Waals surface area (Å²) in [5, 5.41) is 9.80. The van der Waals surface area contributed by atoms with Crippen molar-refractivity contribution in [2.45, 2.75) is 45.0 Å². The first-order valence-electron chi connectivity index (χ1n) is 9.78. The van der Waals surface area contributed by atoms with Gasteiger partial charge in [-0.2, -0.15) is 5.26 Å². The first kappa shape index (κ1) is 20.3. The largest absolute Gasteiger partial charge is 0.409 e. The van der Waals surface area contributed by atoms with E-state index in [9.17, 15) is 5.26 Å². The molecule has 28 heavy (non-hydrogen) atoms. The van der Waals surface area contributed by atoms with Crippen LogP contribution in [-0.4, -0.2) is 8.32 Å². The normalized spacial score (nSPS) is 20.6. The van der Waals surface area contributed by atoms with Crippen LogP contribution < -0.4 is 0 Å². The smallest absolute Gasteiger partial charge is 0.192 e. The van der Waals surface area contributed by atoms with Crippen LogP contribution in [0.4, 0.5) is 0 Å². The Morgan fingerprint density at radius 1 is 1.07 bits per heavy atom. The van der Waals surface area contributed by atoms with Gasteiger partial charge in [0.05, 0.1) is 12.2 Å². The number of hydrogen-bond acceptors (Lipinski definition) is 2. The van der Waals surface area contributed by atoms with Gasteiger partial charge < -0.3 is 4.43 Å². The molecule has 1 aliphatic rings. The van der Waals surface area contributed by atoms with Crippen LogP contribution in [0.15, 0.2) is 66.7 Å². The summed E-state index contributed by atoms with van der Waals surface area (Å²) in [5.74, 6) is -0.156. The van der Waals surface area contributed by atoms with Crippen LogP contribution in [0, 0.1) is 17.2 Å². The number of nitrogens with zero attached hydrogens (tertiary/aromatic N) is 1. The Kier molecular flexibility index (Phi) is 5.47. The number of rotatable bonds is 4. The van der Waals surface area contributed by atoms with Gasteiger partial charge in [-0.3, -0.25) is 0 Å². The van der Waals surface area contributed by atoms with E-state index in [1.165, 1.54) is 0 Å². The van der Waals surface area contributed by atoms with E-state index >= 15 is 0 Å². The van der Waals surface area contributed by atoms with Gasteiger partial charge in [0.25, 0.3) is 0 Å². The Bertz CT molecular complexity index is 945. The molecule has 0 saturated carbocycles. The maximum absolute atomic E-state index is 9.71. The molecule has 0 saturated heterocycles. The SMILES string of the molecule is C=C(C#N)[C@H]1/C(=C\c2ccccc2)c2ccccc2[C@@H]1O[Si](C)(C)C(C)(C)C. The molecule has 0 fully saturated rings. The van der Waals surface area contributed by atoms with Gasteiger partial charge in [0.1, 0.15) is 0 Å². The lowest BCUT2D eigenvalue weighted by Crippen LogP contribution is -2.42. The van der Waals surface area contributed by atoms with Crippen molar-refractivity contribution in [2.75, 3.05) is 0 Å². The summed E-state index contributed by atoms with van der Waals surface area (Å²) >= 11 is 0. The van der Waals surface area contributed by atoms with E-state index in [0.717, 1.165) is 22.3 Å². The highest BCUT2D eigenvalue weighted by molar-refractivity contribution is 6.74. The molecule has 2 atom stereocenters. The Balaban J connectivity index is 2.16. The van der Waals surface area contributed by atoms with Crippen molar-refractivity contribution >= 4 is 20.0 Å². The minimum atomic E-state index is -2.04. The fourth-order valence-corrected chi connectivity index (χ4v) is 4.73. The van der Waals surface area contributed by atoms with Crippen LogP contribution in [0.3, 0.4) is 0 Å². The quantitative estimate of drug-likeness (QED) is 0.418. The molecule has 144 valence electrons. The second-order valence-corrected chi connectivity index (χ2v) is 13.8. The monoisotopic (exact) mass is 387 g/mol. The molecule has 0 heterocycles. The average molecular weight is 388 g/mol. The Morgan fingerprint density at radius 3 is 2.29 bits per heavy atom. The lowest BCUT2D eigenvalue weighted by atomic mass is 9.90. The van der Waals surface area contributed by atoms with Crippen LogP contribution in [0.25, 0.3) is 11.6 Å². The summed E-state index contributed by atoms with van der Waals surface area (Å²) in [6.07, 6.45) is 2.01. The lowest BCUT2D eigenvalue weighted by Gasteiger charge is -2.40. The van der Waals surface area contributed by atoms with Gasteiger partial charge >= 0.3 is 0 Å². The van der Waals surface area contributed by atoms with Crippen molar-refractivity contribution < 1.29 is 4.43 Å². The maximum Gasteiger partial charge on any atom is 0.192 e. The van der Waals surface area contributed by atoms with Crippen molar-refractivity contribution in [3.63, 3.8) is 0 Å². The van der Waals surface area contributed by atoms with E-state index in [1.54, 1.807) is 0 Å². The Morgan fingerprint density at radius 2 is 1.68 bits per heavy atom. The van der Waals surface area contributed by atoms with Gasteiger partial charge in [0, 0.05) is 11.5 Å². The van der Waals surface area contributed by atoms with Crippen LogP contribution in [0.5, 0.6) is 0 Å². The fourth-order valence-electron chi connectivity index (χ4n) is 3.48. The zero-order valence-corrected chi connectivity index (χ0v) is 18.5. The summed E-state index contributed by atoms with van der Waals surface area (Å²) in [6.45, 7) is 15.4. The molecule has 2 nitrogen and oxygen atoms in total. The molecule has 3 heteroatoms. The predicted octanol–water partition coefficient (Wildman–Crippen LogP) is 7.00. The predicted molar refractivity (Wildman–Crippen MR) is 120 cm³/mol. The number of nitriles is 1. The molecule has 0 bridgehead atoms. The minimum absolute atomic E-state index is 0.0897. The average Bonchev–Trinajstić information content (AvgIpc) is 2.94. The highest BCUT2D eigenvalue weighted by atomic mass is 28.4. The summed E-state index contributed by atoms with van der Waals surface area (Å²) < 4.78 is 6.88. The van der Waals surface area contributed by atoms with Gasteiger partial charge in [-0.05, 0) is 40.4 Å². The summed E-state index contributed by atoms with van der Waals surface area (Å²) in [4.78, 5) is 0. The van der Waals surface area contributed by atoms with Crippen molar-refractivity contribution in [2.24, 2.45) is 5.92 Å². The molecular formula is C25H29NOSi. The second-order valence-electron chi connectivity index (χ2n) is 9.01. The highest BCUT2D eigenvalue weighted by Gasteiger charge is 2.46. The van der Waals surface area contributed by atoms with E-state index in [-0.39, 0.29) is 17.1 Å². The summed E-state index contributed by atoms with van der Waals surface area (Å²) in [7, 11) is -2.04. The van der Waals surface area contributed by atoms with Crippen LogP contribution in [0.1, 0.15) is 43.6 Å². The molecule has 0 unspecified atom stereocenters. The fraction of sp³-hybridized carbons (Fsp3) is 0.320. The van der Waals surface area contributed by atoms with E-state index in [1.807, 2.05) is 18.2 Å². The van der Waals surface area contributed by atoms with Gasteiger partial charge in [0.15, 0.2) is 8.32 Å². The number of fused-ring (bicyclic) bond motifs is 1. The van der Waals surface area contributed by atoms with Crippen LogP contribution >= 0.6 is 0 Å². The van der Waals surface area contributed by atoms with E-state index in [4.69, 9.17) is 4.43 Å². The highest BCUT2D eigenvalue weighted by Crippen LogP contribution is 2.53. The Labute approximate surface area is 170 Å². The van der Waals surface area contributed by atoms with Crippen molar-refractivity contribution in [3.05, 3.63) is 83.4 Å². The van der Waals surface area contributed by atoms with Crippen molar-refractivity contribution in [1.29, 1.82) is 5.26 Å². The van der Waals surface area contributed by atoms with Gasteiger partial charge in [-0.1, -0.05) is 88.0 Å². The second kappa shape index (κ2) is 7.54. The van der Waals surface area contributed by atoms with E-state index in [2.05, 4.69) is 89.0 Å². The molecule has 2 aromatic rings. The first-order valence-corrected chi connectivity index (χ1v) is 12.7. The maximum atomic E-state index is 9.71. The Hall–Kier alpha value is -2.41. The summed E-state index contributed by atoms with van der Waals surface area (Å²) in [6, 6.07) is 20.9. The standard InChI is InChI=1S/C25H29NOSi/c1-18(17-26)23-22(16-19-12-8-7-9-13-19)20-14-10-11-15-21(20)24(23)27-28(5,6)25(2,3)4/h7-16,23-24H,1H2,2-6H3/b22-16-/t23-,24-/m0/s1. The van der Waals surface area contributed by atoms with Gasteiger partial charge in [0.2, 0.25) is 0 Å². The van der Waals surface area contributed by atoms with Gasteiger partial charge in [-0.25, -0.2) is 0 Å². The summed E-state index contributed by atoms with van der Waals surface area (Å²) in [5.41, 5.74) is 5.13. The molecule has 0 N–H and O–H groups in total. The number of benzene rings is 2. The zero-order chi connectivity index (χ0) is 20.5. The van der Waals surface area contributed by atoms with E-state index in [0.29, 0.717) is 5.57 Å². The molecule has 0 radical (unpaired) electrons.